The predicted octanol–water partition coefficient (Wildman–Crippen LogP) is 5.19. The molecule has 10 heteroatoms. The van der Waals surface area contributed by atoms with Gasteiger partial charge in [0.25, 0.3) is 5.91 Å². The minimum Gasteiger partial charge on any atom is -0.481 e. The molecule has 0 aliphatic carbocycles. The van der Waals surface area contributed by atoms with E-state index >= 15 is 0 Å². The summed E-state index contributed by atoms with van der Waals surface area (Å²) in [6.07, 6.45) is 3.68. The third-order valence-electron chi connectivity index (χ3n) is 8.42. The maximum atomic E-state index is 12.4. The van der Waals surface area contributed by atoms with Crippen molar-refractivity contribution in [3.8, 4) is 22.9 Å². The van der Waals surface area contributed by atoms with Gasteiger partial charge in [-0.1, -0.05) is 12.1 Å². The van der Waals surface area contributed by atoms with Crippen molar-refractivity contribution in [2.45, 2.75) is 57.7 Å². The Kier molecular flexibility index (Phi) is 8.08. The van der Waals surface area contributed by atoms with Crippen LogP contribution in [0, 0.1) is 11.3 Å². The number of nitrogens with one attached hydrogen (secondary N) is 2. The lowest BCUT2D eigenvalue weighted by atomic mass is 9.77. The molecule has 0 unspecified atom stereocenters. The Hall–Kier alpha value is -4.20. The second-order valence-electron chi connectivity index (χ2n) is 12.2. The highest BCUT2D eigenvalue weighted by Gasteiger charge is 2.43. The number of fused-ring (bicyclic) bond motifs is 1. The number of nitrogens with zero attached hydrogens (tertiary/aromatic N) is 5. The van der Waals surface area contributed by atoms with Crippen LogP contribution >= 0.6 is 0 Å². The van der Waals surface area contributed by atoms with Crippen LogP contribution in [0.3, 0.4) is 0 Å². The summed E-state index contributed by atoms with van der Waals surface area (Å²) in [5.41, 5.74) is 3.71. The largest absolute Gasteiger partial charge is 0.481 e. The Balaban J connectivity index is 1.46. The van der Waals surface area contributed by atoms with Crippen LogP contribution in [0.25, 0.3) is 11.1 Å². The second kappa shape index (κ2) is 11.6. The standard InChI is InChI=1S/C32H39N7O3/c1-31(2)16-24(17-32(3,4)38(31)5)35-29-25(22-9-7-8-21(14-22)18-33)19-34-30(37-29)36-23-10-11-26-27(15-23)42-20-28(40)39(26)12-13-41-6/h7-11,14-15,19,24H,12-13,16-17,20H2,1-6H3,(H2,34,35,36,37). The van der Waals surface area contributed by atoms with Crippen LogP contribution in [0.4, 0.5) is 23.1 Å². The fraction of sp³-hybridized carbons (Fsp3) is 0.438. The lowest BCUT2D eigenvalue weighted by Gasteiger charge is -2.53. The van der Waals surface area contributed by atoms with Gasteiger partial charge in [-0.15, -0.1) is 0 Å². The molecule has 10 nitrogen and oxygen atoms in total. The number of benzene rings is 2. The SMILES string of the molecule is COCCN1C(=O)COc2cc(Nc3ncc(-c4cccc(C#N)c4)c(NC4CC(C)(C)N(C)C(C)(C)C4)n3)ccc21. The number of aromatic nitrogens is 2. The van der Waals surface area contributed by atoms with E-state index in [0.717, 1.165) is 29.7 Å². The molecule has 0 radical (unpaired) electrons. The number of hydrogen-bond acceptors (Lipinski definition) is 9. The van der Waals surface area contributed by atoms with Crippen molar-refractivity contribution in [3.05, 3.63) is 54.2 Å². The summed E-state index contributed by atoms with van der Waals surface area (Å²) in [5.74, 6) is 1.63. The third kappa shape index (κ3) is 6.03. The number of nitriles is 1. The van der Waals surface area contributed by atoms with E-state index in [1.165, 1.54) is 0 Å². The summed E-state index contributed by atoms with van der Waals surface area (Å²) in [6.45, 7) is 9.96. The Labute approximate surface area is 247 Å². The summed E-state index contributed by atoms with van der Waals surface area (Å²) in [7, 11) is 3.80. The van der Waals surface area contributed by atoms with E-state index in [2.05, 4.69) is 61.3 Å². The van der Waals surface area contributed by atoms with Crippen LogP contribution in [-0.2, 0) is 9.53 Å². The summed E-state index contributed by atoms with van der Waals surface area (Å²) in [6, 6.07) is 15.5. The van der Waals surface area contributed by atoms with Gasteiger partial charge in [-0.2, -0.15) is 10.2 Å². The highest BCUT2D eigenvalue weighted by atomic mass is 16.5. The van der Waals surface area contributed by atoms with E-state index < -0.39 is 0 Å². The fourth-order valence-corrected chi connectivity index (χ4v) is 6.03. The van der Waals surface area contributed by atoms with Gasteiger partial charge in [0.2, 0.25) is 5.95 Å². The minimum atomic E-state index is -0.101. The first-order chi connectivity index (χ1) is 20.0. The average Bonchev–Trinajstić information content (AvgIpc) is 2.95. The Bertz CT molecular complexity index is 1500. The molecule has 0 atom stereocenters. The third-order valence-corrected chi connectivity index (χ3v) is 8.42. The zero-order valence-electron chi connectivity index (χ0n) is 25.2. The Morgan fingerprint density at radius 2 is 1.90 bits per heavy atom. The molecule has 2 aliphatic heterocycles. The van der Waals surface area contributed by atoms with Crippen LogP contribution in [0.1, 0.15) is 46.1 Å². The number of piperidine rings is 1. The van der Waals surface area contributed by atoms with Crippen LogP contribution in [-0.4, -0.2) is 71.8 Å². The van der Waals surface area contributed by atoms with Crippen molar-refractivity contribution in [1.82, 2.24) is 14.9 Å². The number of anilines is 4. The van der Waals surface area contributed by atoms with Crippen LogP contribution in [0.5, 0.6) is 5.75 Å². The van der Waals surface area contributed by atoms with Gasteiger partial charge >= 0.3 is 0 Å². The van der Waals surface area contributed by atoms with Crippen molar-refractivity contribution in [2.75, 3.05) is 49.4 Å². The van der Waals surface area contributed by atoms with Crippen molar-refractivity contribution < 1.29 is 14.3 Å². The molecule has 0 bridgehead atoms. The number of carbonyl (C=O) groups excluding carboxylic acids is 1. The molecule has 1 aromatic heterocycles. The van der Waals surface area contributed by atoms with Gasteiger partial charge in [0, 0.05) is 54.3 Å². The smallest absolute Gasteiger partial charge is 0.265 e. The van der Waals surface area contributed by atoms with E-state index in [0.29, 0.717) is 41.9 Å². The molecule has 1 amide bonds. The van der Waals surface area contributed by atoms with Gasteiger partial charge in [-0.25, -0.2) is 4.98 Å². The normalized spacial score (nSPS) is 18.1. The van der Waals surface area contributed by atoms with E-state index in [1.807, 2.05) is 36.4 Å². The molecule has 3 aromatic rings. The lowest BCUT2D eigenvalue weighted by molar-refractivity contribution is -0.121. The molecule has 2 aromatic carbocycles. The monoisotopic (exact) mass is 569 g/mol. The van der Waals surface area contributed by atoms with Crippen molar-refractivity contribution >= 4 is 29.0 Å². The maximum absolute atomic E-state index is 12.4. The number of hydrogen-bond donors (Lipinski definition) is 2. The van der Waals surface area contributed by atoms with Crippen LogP contribution in [0.15, 0.2) is 48.7 Å². The van der Waals surface area contributed by atoms with Crippen molar-refractivity contribution in [1.29, 1.82) is 5.26 Å². The second-order valence-corrected chi connectivity index (χ2v) is 12.2. The highest BCUT2D eigenvalue weighted by Crippen LogP contribution is 2.40. The fourth-order valence-electron chi connectivity index (χ4n) is 6.03. The number of amides is 1. The summed E-state index contributed by atoms with van der Waals surface area (Å²) in [5, 5.41) is 16.5. The van der Waals surface area contributed by atoms with Gasteiger partial charge in [-0.3, -0.25) is 9.69 Å². The molecular formula is C32H39N7O3. The first-order valence-corrected chi connectivity index (χ1v) is 14.2. The number of rotatable bonds is 8. The molecule has 2 aliphatic rings. The summed E-state index contributed by atoms with van der Waals surface area (Å²) >= 11 is 0. The van der Waals surface area contributed by atoms with Gasteiger partial charge in [-0.05, 0) is 77.4 Å². The first kappa shape index (κ1) is 29.3. The quantitative estimate of drug-likeness (QED) is 0.378. The topological polar surface area (TPSA) is 116 Å². The van der Waals surface area contributed by atoms with Crippen molar-refractivity contribution in [2.24, 2.45) is 0 Å². The molecule has 2 N–H and O–H groups in total. The highest BCUT2D eigenvalue weighted by molar-refractivity contribution is 5.98. The zero-order valence-corrected chi connectivity index (χ0v) is 25.2. The zero-order chi connectivity index (χ0) is 30.1. The van der Waals surface area contributed by atoms with E-state index in [9.17, 15) is 10.1 Å². The van der Waals surface area contributed by atoms with E-state index in [-0.39, 0.29) is 29.6 Å². The Morgan fingerprint density at radius 3 is 2.62 bits per heavy atom. The van der Waals surface area contributed by atoms with Crippen molar-refractivity contribution in [3.63, 3.8) is 0 Å². The molecule has 220 valence electrons. The molecule has 1 fully saturated rings. The first-order valence-electron chi connectivity index (χ1n) is 14.2. The average molecular weight is 570 g/mol. The number of ether oxygens (including phenoxy) is 2. The molecule has 0 saturated carbocycles. The van der Waals surface area contributed by atoms with E-state index in [1.54, 1.807) is 24.3 Å². The summed E-state index contributed by atoms with van der Waals surface area (Å²) < 4.78 is 10.9. The number of methoxy groups -OCH3 is 1. The van der Waals surface area contributed by atoms with E-state index in [4.69, 9.17) is 14.5 Å². The molecule has 3 heterocycles. The molecule has 5 rings (SSSR count). The summed E-state index contributed by atoms with van der Waals surface area (Å²) in [4.78, 5) is 26.1. The Morgan fingerprint density at radius 1 is 1.14 bits per heavy atom. The van der Waals surface area contributed by atoms with Gasteiger partial charge in [0.15, 0.2) is 6.61 Å². The van der Waals surface area contributed by atoms with Crippen LogP contribution in [0.2, 0.25) is 0 Å². The molecule has 0 spiro atoms. The predicted molar refractivity (Wildman–Crippen MR) is 164 cm³/mol. The van der Waals surface area contributed by atoms with Gasteiger partial charge in [0.05, 0.1) is 23.9 Å². The van der Waals surface area contributed by atoms with Gasteiger partial charge < -0.3 is 25.0 Å². The van der Waals surface area contributed by atoms with Gasteiger partial charge in [0.1, 0.15) is 11.6 Å². The lowest BCUT2D eigenvalue weighted by Crippen LogP contribution is -2.61. The molecule has 42 heavy (non-hydrogen) atoms. The maximum Gasteiger partial charge on any atom is 0.265 e. The molecule has 1 saturated heterocycles. The number of likely N-dealkylation sites (tertiary alicyclic amines) is 1. The number of carbonyl (C=O) groups is 1. The minimum absolute atomic E-state index is 0.00390. The van der Waals surface area contributed by atoms with Crippen LogP contribution < -0.4 is 20.3 Å². The molecular weight excluding hydrogens is 530 g/mol.